The van der Waals surface area contributed by atoms with Crippen LogP contribution in [0.15, 0.2) is 69.8 Å². The van der Waals surface area contributed by atoms with E-state index in [1.807, 2.05) is 58.1 Å². The summed E-state index contributed by atoms with van der Waals surface area (Å²) in [7, 11) is 0. The quantitative estimate of drug-likeness (QED) is 0.481. The third-order valence-corrected chi connectivity index (χ3v) is 5.50. The molecule has 0 saturated carbocycles. The van der Waals surface area contributed by atoms with Crippen LogP contribution in [0.3, 0.4) is 0 Å². The first-order valence-electron chi connectivity index (χ1n) is 7.62. The van der Waals surface area contributed by atoms with Crippen LogP contribution in [-0.4, -0.2) is 10.8 Å². The Balaban J connectivity index is 1.64. The first-order valence-corrected chi connectivity index (χ1v) is 9.38. The standard InChI is InChI=1S/C19H15NO2S2/c21-19(18-11-14-5-1-2-8-17(14)22-18)20(12-15-6-3-9-23-15)13-16-7-4-10-24-16/h1-11H,12-13H2. The molecule has 0 spiro atoms. The van der Waals surface area contributed by atoms with Gasteiger partial charge in [-0.05, 0) is 35.0 Å². The Morgan fingerprint density at radius 3 is 2.17 bits per heavy atom. The molecule has 0 unspecified atom stereocenters. The van der Waals surface area contributed by atoms with Gasteiger partial charge in [0.1, 0.15) is 5.58 Å². The van der Waals surface area contributed by atoms with Gasteiger partial charge in [-0.15, -0.1) is 22.7 Å². The first-order chi connectivity index (χ1) is 11.8. The largest absolute Gasteiger partial charge is 0.451 e. The lowest BCUT2D eigenvalue weighted by Crippen LogP contribution is -2.29. The highest BCUT2D eigenvalue weighted by Crippen LogP contribution is 2.23. The molecule has 0 N–H and O–H groups in total. The van der Waals surface area contributed by atoms with E-state index < -0.39 is 0 Å². The number of fused-ring (bicyclic) bond motifs is 1. The van der Waals surface area contributed by atoms with E-state index in [-0.39, 0.29) is 5.91 Å². The summed E-state index contributed by atoms with van der Waals surface area (Å²) < 4.78 is 5.76. The summed E-state index contributed by atoms with van der Waals surface area (Å²) in [5.74, 6) is 0.317. The predicted molar refractivity (Wildman–Crippen MR) is 98.4 cm³/mol. The Morgan fingerprint density at radius 2 is 1.58 bits per heavy atom. The Bertz CT molecular complexity index is 870. The number of hydrogen-bond acceptors (Lipinski definition) is 4. The summed E-state index contributed by atoms with van der Waals surface area (Å²) >= 11 is 3.32. The van der Waals surface area contributed by atoms with Crippen molar-refractivity contribution in [2.75, 3.05) is 0 Å². The van der Waals surface area contributed by atoms with Crippen LogP contribution >= 0.6 is 22.7 Å². The molecule has 0 aliphatic heterocycles. The van der Waals surface area contributed by atoms with Crippen molar-refractivity contribution >= 4 is 39.5 Å². The summed E-state index contributed by atoms with van der Waals surface area (Å²) in [6, 6.07) is 17.7. The fraction of sp³-hybridized carbons (Fsp3) is 0.105. The SMILES string of the molecule is O=C(c1cc2ccccc2o1)N(Cc1cccs1)Cc1cccs1. The highest BCUT2D eigenvalue weighted by molar-refractivity contribution is 7.10. The fourth-order valence-corrected chi connectivity index (χ4v) is 4.06. The topological polar surface area (TPSA) is 33.5 Å². The molecule has 5 heteroatoms. The monoisotopic (exact) mass is 353 g/mol. The van der Waals surface area contributed by atoms with Gasteiger partial charge in [-0.25, -0.2) is 0 Å². The van der Waals surface area contributed by atoms with E-state index in [1.54, 1.807) is 22.7 Å². The van der Waals surface area contributed by atoms with Crippen LogP contribution < -0.4 is 0 Å². The number of benzene rings is 1. The first kappa shape index (κ1) is 15.2. The van der Waals surface area contributed by atoms with E-state index in [4.69, 9.17) is 4.42 Å². The van der Waals surface area contributed by atoms with Gasteiger partial charge in [0.05, 0.1) is 13.1 Å². The fourth-order valence-electron chi connectivity index (χ4n) is 2.62. The average molecular weight is 353 g/mol. The van der Waals surface area contributed by atoms with Gasteiger partial charge in [-0.3, -0.25) is 4.79 Å². The van der Waals surface area contributed by atoms with Crippen molar-refractivity contribution in [3.05, 3.63) is 80.9 Å². The van der Waals surface area contributed by atoms with Crippen LogP contribution in [-0.2, 0) is 13.1 Å². The number of amides is 1. The van der Waals surface area contributed by atoms with Crippen molar-refractivity contribution in [3.8, 4) is 0 Å². The van der Waals surface area contributed by atoms with Gasteiger partial charge in [-0.1, -0.05) is 30.3 Å². The summed E-state index contributed by atoms with van der Waals surface area (Å²) in [6.07, 6.45) is 0. The third-order valence-electron chi connectivity index (χ3n) is 3.78. The van der Waals surface area contributed by atoms with E-state index >= 15 is 0 Å². The third kappa shape index (κ3) is 3.13. The minimum Gasteiger partial charge on any atom is -0.451 e. The number of furan rings is 1. The molecule has 0 aliphatic carbocycles. The molecule has 24 heavy (non-hydrogen) atoms. The molecule has 4 rings (SSSR count). The van der Waals surface area contributed by atoms with E-state index in [2.05, 4.69) is 12.1 Å². The maximum Gasteiger partial charge on any atom is 0.290 e. The predicted octanol–water partition coefficient (Wildman–Crippen LogP) is 5.40. The van der Waals surface area contributed by atoms with Gasteiger partial charge < -0.3 is 9.32 Å². The lowest BCUT2D eigenvalue weighted by molar-refractivity contribution is 0.0703. The highest BCUT2D eigenvalue weighted by Gasteiger charge is 2.21. The zero-order chi connectivity index (χ0) is 16.4. The number of carbonyl (C=O) groups excluding carboxylic acids is 1. The van der Waals surface area contributed by atoms with Crippen molar-refractivity contribution in [1.82, 2.24) is 4.90 Å². The van der Waals surface area contributed by atoms with Gasteiger partial charge in [0.15, 0.2) is 5.76 Å². The Morgan fingerprint density at radius 1 is 0.917 bits per heavy atom. The molecule has 3 heterocycles. The van der Waals surface area contributed by atoms with Gasteiger partial charge in [0.25, 0.3) is 5.91 Å². The minimum atomic E-state index is -0.0759. The normalized spacial score (nSPS) is 11.0. The molecule has 0 aliphatic rings. The molecular formula is C19H15NO2S2. The lowest BCUT2D eigenvalue weighted by Gasteiger charge is -2.20. The van der Waals surface area contributed by atoms with Crippen LogP contribution in [0.5, 0.6) is 0 Å². The second-order valence-electron chi connectivity index (χ2n) is 5.47. The zero-order valence-corrected chi connectivity index (χ0v) is 14.5. The van der Waals surface area contributed by atoms with Gasteiger partial charge in [-0.2, -0.15) is 0 Å². The number of rotatable bonds is 5. The number of carbonyl (C=O) groups is 1. The molecule has 4 aromatic rings. The molecule has 0 bridgehead atoms. The molecule has 1 aromatic carbocycles. The second kappa shape index (κ2) is 6.63. The maximum absolute atomic E-state index is 13.0. The molecular weight excluding hydrogens is 338 g/mol. The van der Waals surface area contributed by atoms with Crippen LogP contribution in [0.2, 0.25) is 0 Å². The van der Waals surface area contributed by atoms with Crippen molar-refractivity contribution in [1.29, 1.82) is 0 Å². The Kier molecular flexibility index (Phi) is 4.19. The smallest absolute Gasteiger partial charge is 0.290 e. The molecule has 0 saturated heterocycles. The number of hydrogen-bond donors (Lipinski definition) is 0. The van der Waals surface area contributed by atoms with Crippen LogP contribution in [0, 0.1) is 0 Å². The molecule has 0 atom stereocenters. The van der Waals surface area contributed by atoms with E-state index in [0.717, 1.165) is 20.7 Å². The van der Waals surface area contributed by atoms with Crippen molar-refractivity contribution in [2.45, 2.75) is 13.1 Å². The van der Waals surface area contributed by atoms with E-state index in [0.29, 0.717) is 18.8 Å². The highest BCUT2D eigenvalue weighted by atomic mass is 32.1. The van der Waals surface area contributed by atoms with Crippen molar-refractivity contribution in [3.63, 3.8) is 0 Å². The summed E-state index contributed by atoms with van der Waals surface area (Å²) in [5.41, 5.74) is 0.744. The van der Waals surface area contributed by atoms with Crippen LogP contribution in [0.4, 0.5) is 0 Å². The van der Waals surface area contributed by atoms with Crippen LogP contribution in [0.25, 0.3) is 11.0 Å². The molecule has 1 amide bonds. The van der Waals surface area contributed by atoms with E-state index in [1.165, 1.54) is 0 Å². The number of para-hydroxylation sites is 1. The molecule has 0 radical (unpaired) electrons. The van der Waals surface area contributed by atoms with Crippen LogP contribution in [0.1, 0.15) is 20.3 Å². The van der Waals surface area contributed by atoms with Crippen molar-refractivity contribution in [2.24, 2.45) is 0 Å². The lowest BCUT2D eigenvalue weighted by atomic mass is 10.2. The Labute approximate surface area is 147 Å². The zero-order valence-electron chi connectivity index (χ0n) is 12.8. The molecule has 120 valence electrons. The van der Waals surface area contributed by atoms with Gasteiger partial charge in [0, 0.05) is 15.1 Å². The number of thiophene rings is 2. The number of nitrogens with zero attached hydrogens (tertiary/aromatic N) is 1. The summed E-state index contributed by atoms with van der Waals surface area (Å²) in [4.78, 5) is 17.2. The summed E-state index contributed by atoms with van der Waals surface area (Å²) in [5, 5.41) is 5.02. The summed E-state index contributed by atoms with van der Waals surface area (Å²) in [6.45, 7) is 1.18. The Hall–Kier alpha value is -2.37. The maximum atomic E-state index is 13.0. The average Bonchev–Trinajstić information content (AvgIpc) is 3.34. The molecule has 3 aromatic heterocycles. The van der Waals surface area contributed by atoms with Crippen molar-refractivity contribution < 1.29 is 9.21 Å². The van der Waals surface area contributed by atoms with Gasteiger partial charge in [0.2, 0.25) is 0 Å². The van der Waals surface area contributed by atoms with Gasteiger partial charge >= 0.3 is 0 Å². The second-order valence-corrected chi connectivity index (χ2v) is 7.53. The molecule has 3 nitrogen and oxygen atoms in total. The molecule has 0 fully saturated rings. The van der Waals surface area contributed by atoms with E-state index in [9.17, 15) is 4.79 Å². The minimum absolute atomic E-state index is 0.0759.